The summed E-state index contributed by atoms with van der Waals surface area (Å²) in [4.78, 5) is 8.16. The van der Waals surface area contributed by atoms with Crippen molar-refractivity contribution in [3.63, 3.8) is 0 Å². The van der Waals surface area contributed by atoms with Crippen LogP contribution in [0.15, 0.2) is 41.5 Å². The maximum absolute atomic E-state index is 12.0. The lowest BCUT2D eigenvalue weighted by molar-refractivity contribution is -0.0500. The number of aryl methyl sites for hydroxylation is 2. The molecule has 3 N–H and O–H groups in total. The highest BCUT2D eigenvalue weighted by molar-refractivity contribution is 5.92. The van der Waals surface area contributed by atoms with Gasteiger partial charge in [-0.3, -0.25) is 4.98 Å². The van der Waals surface area contributed by atoms with Gasteiger partial charge < -0.3 is 15.8 Å². The van der Waals surface area contributed by atoms with E-state index in [4.69, 9.17) is 5.73 Å². The zero-order valence-electron chi connectivity index (χ0n) is 12.9. The molecular weight excluding hydrogens is 302 g/mol. The third kappa shape index (κ3) is 5.54. The topological polar surface area (TPSA) is 72.5 Å². The normalized spacial score (nSPS) is 11.6. The highest BCUT2D eigenvalue weighted by Crippen LogP contribution is 2.14. The summed E-state index contributed by atoms with van der Waals surface area (Å²) >= 11 is 0. The fraction of sp³-hybridized carbons (Fsp3) is 0.250. The highest BCUT2D eigenvalue weighted by atomic mass is 19.3. The number of benzene rings is 1. The Morgan fingerprint density at radius 3 is 2.52 bits per heavy atom. The summed E-state index contributed by atoms with van der Waals surface area (Å²) in [6.07, 6.45) is 1.23. The average molecular weight is 320 g/mol. The summed E-state index contributed by atoms with van der Waals surface area (Å²) in [5, 5.41) is 3.01. The first-order chi connectivity index (χ1) is 10.9. The first-order valence-corrected chi connectivity index (χ1v) is 6.97. The van der Waals surface area contributed by atoms with E-state index >= 15 is 0 Å². The highest BCUT2D eigenvalue weighted by Gasteiger charge is 2.04. The third-order valence-electron chi connectivity index (χ3n) is 2.93. The molecule has 0 amide bonds. The van der Waals surface area contributed by atoms with Crippen LogP contribution < -0.4 is 15.8 Å². The molecule has 0 bridgehead atoms. The molecule has 2 rings (SSSR count). The van der Waals surface area contributed by atoms with Gasteiger partial charge in [-0.25, -0.2) is 4.99 Å². The number of ether oxygens (including phenoxy) is 1. The number of hydrogen-bond donors (Lipinski definition) is 2. The Morgan fingerprint density at radius 1 is 1.26 bits per heavy atom. The van der Waals surface area contributed by atoms with Crippen molar-refractivity contribution >= 4 is 11.6 Å². The molecule has 0 saturated heterocycles. The molecule has 0 aliphatic rings. The Labute approximate surface area is 133 Å². The van der Waals surface area contributed by atoms with Crippen LogP contribution in [0.4, 0.5) is 14.5 Å². The molecule has 7 heteroatoms. The van der Waals surface area contributed by atoms with Crippen molar-refractivity contribution in [3.8, 4) is 5.75 Å². The Kier molecular flexibility index (Phi) is 5.46. The van der Waals surface area contributed by atoms with Crippen LogP contribution in [0.3, 0.4) is 0 Å². The SMILES string of the molecule is Cc1cc(C)cc(NC(N)=NCc2ccc(OC(F)F)cn2)c1. The number of alkyl halides is 2. The maximum atomic E-state index is 12.0. The minimum atomic E-state index is -2.86. The van der Waals surface area contributed by atoms with Crippen molar-refractivity contribution in [1.82, 2.24) is 4.98 Å². The molecule has 0 saturated carbocycles. The number of halogens is 2. The van der Waals surface area contributed by atoms with Gasteiger partial charge in [-0.1, -0.05) is 6.07 Å². The van der Waals surface area contributed by atoms with Gasteiger partial charge in [0, 0.05) is 5.69 Å². The molecule has 23 heavy (non-hydrogen) atoms. The second-order valence-electron chi connectivity index (χ2n) is 5.07. The van der Waals surface area contributed by atoms with Gasteiger partial charge in [0.1, 0.15) is 5.75 Å². The van der Waals surface area contributed by atoms with E-state index in [9.17, 15) is 8.78 Å². The Balaban J connectivity index is 1.96. The average Bonchev–Trinajstić information content (AvgIpc) is 2.45. The molecule has 5 nitrogen and oxygen atoms in total. The zero-order chi connectivity index (χ0) is 16.8. The summed E-state index contributed by atoms with van der Waals surface area (Å²) in [5.74, 6) is 0.263. The molecule has 1 aromatic carbocycles. The van der Waals surface area contributed by atoms with Crippen molar-refractivity contribution in [2.24, 2.45) is 10.7 Å². The molecule has 0 aliphatic carbocycles. The van der Waals surface area contributed by atoms with Crippen LogP contribution in [-0.4, -0.2) is 17.6 Å². The predicted octanol–water partition coefficient (Wildman–Crippen LogP) is 3.23. The summed E-state index contributed by atoms with van der Waals surface area (Å²) in [7, 11) is 0. The van der Waals surface area contributed by atoms with E-state index in [1.165, 1.54) is 12.3 Å². The molecule has 0 radical (unpaired) electrons. The third-order valence-corrected chi connectivity index (χ3v) is 2.93. The van der Waals surface area contributed by atoms with E-state index in [-0.39, 0.29) is 18.3 Å². The van der Waals surface area contributed by atoms with Crippen LogP contribution >= 0.6 is 0 Å². The number of anilines is 1. The summed E-state index contributed by atoms with van der Waals surface area (Å²) in [5.41, 5.74) is 9.53. The first kappa shape index (κ1) is 16.7. The van der Waals surface area contributed by atoms with Crippen LogP contribution in [0.1, 0.15) is 16.8 Å². The van der Waals surface area contributed by atoms with E-state index in [1.807, 2.05) is 26.0 Å². The lowest BCUT2D eigenvalue weighted by atomic mass is 10.1. The van der Waals surface area contributed by atoms with Crippen LogP contribution in [0.25, 0.3) is 0 Å². The second kappa shape index (κ2) is 7.53. The number of aliphatic imine (C=N–C) groups is 1. The van der Waals surface area contributed by atoms with E-state index in [0.29, 0.717) is 5.69 Å². The lowest BCUT2D eigenvalue weighted by Crippen LogP contribution is -2.22. The Morgan fingerprint density at radius 2 is 1.96 bits per heavy atom. The molecular formula is C16H18F2N4O. The summed E-state index contributed by atoms with van der Waals surface area (Å²) in [6, 6.07) is 8.96. The molecule has 1 aromatic heterocycles. The minimum Gasteiger partial charge on any atom is -0.433 e. The van der Waals surface area contributed by atoms with E-state index in [0.717, 1.165) is 16.8 Å². The largest absolute Gasteiger partial charge is 0.433 e. The van der Waals surface area contributed by atoms with Crippen LogP contribution in [0.5, 0.6) is 5.75 Å². The van der Waals surface area contributed by atoms with Gasteiger partial charge >= 0.3 is 6.61 Å². The number of guanidine groups is 1. The molecule has 0 spiro atoms. The number of nitrogens with two attached hydrogens (primary N) is 1. The van der Waals surface area contributed by atoms with Crippen LogP contribution in [0, 0.1) is 13.8 Å². The Hall–Kier alpha value is -2.70. The molecule has 2 aromatic rings. The minimum absolute atomic E-state index is 0.00839. The lowest BCUT2D eigenvalue weighted by Gasteiger charge is -2.08. The van der Waals surface area contributed by atoms with Gasteiger partial charge in [0.2, 0.25) is 0 Å². The second-order valence-corrected chi connectivity index (χ2v) is 5.07. The number of pyridine rings is 1. The molecule has 122 valence electrons. The standard InChI is InChI=1S/C16H18F2N4O/c1-10-5-11(2)7-13(6-10)22-16(19)21-8-12-3-4-14(9-20-12)23-15(17)18/h3-7,9,15H,8H2,1-2H3,(H3,19,21,22). The number of nitrogens with zero attached hydrogens (tertiary/aromatic N) is 2. The summed E-state index contributed by atoms with van der Waals surface area (Å²) in [6.45, 7) is 1.37. The van der Waals surface area contributed by atoms with Gasteiger partial charge in [0.15, 0.2) is 5.96 Å². The number of hydrogen-bond acceptors (Lipinski definition) is 3. The van der Waals surface area contributed by atoms with E-state index in [2.05, 4.69) is 26.1 Å². The number of rotatable bonds is 5. The van der Waals surface area contributed by atoms with Gasteiger partial charge in [0.25, 0.3) is 0 Å². The fourth-order valence-corrected chi connectivity index (χ4v) is 2.08. The first-order valence-electron chi connectivity index (χ1n) is 6.97. The number of aromatic nitrogens is 1. The quantitative estimate of drug-likeness (QED) is 0.655. The maximum Gasteiger partial charge on any atom is 0.387 e. The van der Waals surface area contributed by atoms with Crippen molar-refractivity contribution in [1.29, 1.82) is 0 Å². The smallest absolute Gasteiger partial charge is 0.387 e. The van der Waals surface area contributed by atoms with Gasteiger partial charge in [0.05, 0.1) is 18.4 Å². The van der Waals surface area contributed by atoms with Gasteiger partial charge in [-0.05, 0) is 49.2 Å². The monoisotopic (exact) mass is 320 g/mol. The number of nitrogens with one attached hydrogen (secondary N) is 1. The van der Waals surface area contributed by atoms with Crippen molar-refractivity contribution in [3.05, 3.63) is 53.3 Å². The van der Waals surface area contributed by atoms with E-state index < -0.39 is 6.61 Å². The van der Waals surface area contributed by atoms with E-state index in [1.54, 1.807) is 6.07 Å². The molecule has 1 heterocycles. The van der Waals surface area contributed by atoms with Gasteiger partial charge in [-0.15, -0.1) is 0 Å². The fourth-order valence-electron chi connectivity index (χ4n) is 2.08. The van der Waals surface area contributed by atoms with Crippen molar-refractivity contribution in [2.75, 3.05) is 5.32 Å². The Bertz CT molecular complexity index is 667. The zero-order valence-corrected chi connectivity index (χ0v) is 12.9. The van der Waals surface area contributed by atoms with Crippen LogP contribution in [0.2, 0.25) is 0 Å². The molecule has 0 fully saturated rings. The molecule has 0 aliphatic heterocycles. The van der Waals surface area contributed by atoms with Gasteiger partial charge in [-0.2, -0.15) is 8.78 Å². The molecule has 0 atom stereocenters. The summed E-state index contributed by atoms with van der Waals surface area (Å²) < 4.78 is 28.3. The van der Waals surface area contributed by atoms with Crippen LogP contribution in [-0.2, 0) is 6.54 Å². The molecule has 0 unspecified atom stereocenters. The predicted molar refractivity (Wildman–Crippen MR) is 85.7 cm³/mol. The van der Waals surface area contributed by atoms with Crippen molar-refractivity contribution in [2.45, 2.75) is 27.0 Å². The van der Waals surface area contributed by atoms with Crippen molar-refractivity contribution < 1.29 is 13.5 Å².